The maximum atomic E-state index is 12.6. The lowest BCUT2D eigenvalue weighted by Gasteiger charge is -2.32. The fourth-order valence-corrected chi connectivity index (χ4v) is 3.72. The highest BCUT2D eigenvalue weighted by Gasteiger charge is 2.32. The Morgan fingerprint density at radius 3 is 2.83 bits per heavy atom. The SMILES string of the molecule is CC1CCN(C(=O)[C@H](C)NC[C@@H]2CCO[C@@H]2c2cnn(C)c2)CC1. The van der Waals surface area contributed by atoms with E-state index in [2.05, 4.69) is 17.3 Å². The zero-order chi connectivity index (χ0) is 17.1. The quantitative estimate of drug-likeness (QED) is 0.891. The number of nitrogens with zero attached hydrogens (tertiary/aromatic N) is 3. The number of rotatable bonds is 5. The molecule has 3 atom stereocenters. The molecule has 0 unspecified atom stereocenters. The zero-order valence-electron chi connectivity index (χ0n) is 15.1. The number of nitrogens with one attached hydrogen (secondary N) is 1. The highest BCUT2D eigenvalue weighted by atomic mass is 16.5. The topological polar surface area (TPSA) is 59.4 Å². The summed E-state index contributed by atoms with van der Waals surface area (Å²) < 4.78 is 7.71. The lowest BCUT2D eigenvalue weighted by atomic mass is 9.96. The molecule has 0 radical (unpaired) electrons. The van der Waals surface area contributed by atoms with Crippen LogP contribution in [0.3, 0.4) is 0 Å². The Bertz CT molecular complexity index is 551. The van der Waals surface area contributed by atoms with Crippen LogP contribution in [0, 0.1) is 11.8 Å². The molecule has 24 heavy (non-hydrogen) atoms. The van der Waals surface area contributed by atoms with Gasteiger partial charge in [0.15, 0.2) is 0 Å². The fourth-order valence-electron chi connectivity index (χ4n) is 3.72. The molecular formula is C18H30N4O2. The number of likely N-dealkylation sites (tertiary alicyclic amines) is 1. The Morgan fingerprint density at radius 1 is 1.42 bits per heavy atom. The molecule has 0 aliphatic carbocycles. The van der Waals surface area contributed by atoms with Crippen molar-refractivity contribution in [3.63, 3.8) is 0 Å². The number of hydrogen-bond donors (Lipinski definition) is 1. The number of hydrogen-bond acceptors (Lipinski definition) is 4. The van der Waals surface area contributed by atoms with Crippen molar-refractivity contribution in [1.29, 1.82) is 0 Å². The molecule has 0 spiro atoms. The molecule has 2 saturated heterocycles. The average Bonchev–Trinajstić information content (AvgIpc) is 3.21. The second-order valence-corrected chi connectivity index (χ2v) is 7.43. The van der Waals surface area contributed by atoms with Gasteiger partial charge >= 0.3 is 0 Å². The molecule has 1 aromatic rings. The minimum atomic E-state index is -0.131. The molecule has 1 amide bonds. The van der Waals surface area contributed by atoms with Gasteiger partial charge in [0.2, 0.25) is 5.91 Å². The van der Waals surface area contributed by atoms with Crippen LogP contribution in [0.1, 0.15) is 44.8 Å². The van der Waals surface area contributed by atoms with Crippen molar-refractivity contribution in [2.75, 3.05) is 26.2 Å². The van der Waals surface area contributed by atoms with Crippen molar-refractivity contribution in [2.45, 2.75) is 45.3 Å². The lowest BCUT2D eigenvalue weighted by Crippen LogP contribution is -2.48. The van der Waals surface area contributed by atoms with Gasteiger partial charge < -0.3 is 15.0 Å². The summed E-state index contributed by atoms with van der Waals surface area (Å²) in [6.45, 7) is 7.63. The van der Waals surface area contributed by atoms with Crippen LogP contribution in [-0.2, 0) is 16.6 Å². The molecule has 1 N–H and O–H groups in total. The average molecular weight is 334 g/mol. The molecule has 134 valence electrons. The first kappa shape index (κ1) is 17.4. The van der Waals surface area contributed by atoms with Crippen LogP contribution in [0.4, 0.5) is 0 Å². The highest BCUT2D eigenvalue weighted by molar-refractivity contribution is 5.81. The Balaban J connectivity index is 1.50. The molecule has 3 rings (SSSR count). The van der Waals surface area contributed by atoms with E-state index < -0.39 is 0 Å². The number of aromatic nitrogens is 2. The van der Waals surface area contributed by atoms with Crippen LogP contribution in [0.25, 0.3) is 0 Å². The summed E-state index contributed by atoms with van der Waals surface area (Å²) in [6.07, 6.45) is 7.26. The first-order valence-corrected chi connectivity index (χ1v) is 9.17. The van der Waals surface area contributed by atoms with E-state index in [0.717, 1.165) is 57.0 Å². The van der Waals surface area contributed by atoms with Gasteiger partial charge in [0.25, 0.3) is 0 Å². The van der Waals surface area contributed by atoms with E-state index in [-0.39, 0.29) is 18.1 Å². The summed E-state index contributed by atoms with van der Waals surface area (Å²) in [6, 6.07) is -0.131. The molecule has 2 aliphatic heterocycles. The summed E-state index contributed by atoms with van der Waals surface area (Å²) in [7, 11) is 1.92. The van der Waals surface area contributed by atoms with E-state index in [0.29, 0.717) is 5.92 Å². The Kier molecular flexibility index (Phi) is 5.56. The van der Waals surface area contributed by atoms with Gasteiger partial charge in [-0.1, -0.05) is 6.92 Å². The lowest BCUT2D eigenvalue weighted by molar-refractivity contribution is -0.134. The first-order valence-electron chi connectivity index (χ1n) is 9.17. The highest BCUT2D eigenvalue weighted by Crippen LogP contribution is 2.33. The van der Waals surface area contributed by atoms with Gasteiger partial charge in [-0.25, -0.2) is 0 Å². The van der Waals surface area contributed by atoms with E-state index >= 15 is 0 Å². The second-order valence-electron chi connectivity index (χ2n) is 7.43. The minimum absolute atomic E-state index is 0.0874. The van der Waals surface area contributed by atoms with Gasteiger partial charge in [-0.2, -0.15) is 5.10 Å². The van der Waals surface area contributed by atoms with Crippen LogP contribution < -0.4 is 5.32 Å². The third-order valence-electron chi connectivity index (χ3n) is 5.42. The van der Waals surface area contributed by atoms with Gasteiger partial charge in [-0.3, -0.25) is 9.48 Å². The number of carbonyl (C=O) groups is 1. The van der Waals surface area contributed by atoms with Crippen molar-refractivity contribution in [3.8, 4) is 0 Å². The predicted molar refractivity (Wildman–Crippen MR) is 92.5 cm³/mol. The van der Waals surface area contributed by atoms with E-state index in [4.69, 9.17) is 4.74 Å². The largest absolute Gasteiger partial charge is 0.373 e. The molecule has 2 fully saturated rings. The molecule has 6 nitrogen and oxygen atoms in total. The zero-order valence-corrected chi connectivity index (χ0v) is 15.1. The van der Waals surface area contributed by atoms with Crippen LogP contribution in [0.5, 0.6) is 0 Å². The minimum Gasteiger partial charge on any atom is -0.373 e. The molecule has 1 aromatic heterocycles. The molecule has 3 heterocycles. The Morgan fingerprint density at radius 2 is 2.17 bits per heavy atom. The van der Waals surface area contributed by atoms with Gasteiger partial charge in [-0.05, 0) is 32.1 Å². The van der Waals surface area contributed by atoms with Crippen LogP contribution in [-0.4, -0.2) is 52.9 Å². The van der Waals surface area contributed by atoms with Crippen molar-refractivity contribution in [3.05, 3.63) is 18.0 Å². The predicted octanol–water partition coefficient (Wildman–Crippen LogP) is 1.73. The monoisotopic (exact) mass is 334 g/mol. The summed E-state index contributed by atoms with van der Waals surface area (Å²) in [5, 5.41) is 7.68. The maximum Gasteiger partial charge on any atom is 0.239 e. The summed E-state index contributed by atoms with van der Waals surface area (Å²) in [4.78, 5) is 14.6. The van der Waals surface area contributed by atoms with Crippen molar-refractivity contribution in [1.82, 2.24) is 20.0 Å². The van der Waals surface area contributed by atoms with E-state index in [1.54, 1.807) is 0 Å². The molecule has 6 heteroatoms. The van der Waals surface area contributed by atoms with E-state index in [9.17, 15) is 4.79 Å². The number of piperidine rings is 1. The third-order valence-corrected chi connectivity index (χ3v) is 5.42. The van der Waals surface area contributed by atoms with Crippen LogP contribution >= 0.6 is 0 Å². The van der Waals surface area contributed by atoms with Crippen LogP contribution in [0.15, 0.2) is 12.4 Å². The van der Waals surface area contributed by atoms with Crippen LogP contribution in [0.2, 0.25) is 0 Å². The molecular weight excluding hydrogens is 304 g/mol. The first-order chi connectivity index (χ1) is 11.5. The van der Waals surface area contributed by atoms with Crippen molar-refractivity contribution >= 4 is 5.91 Å². The summed E-state index contributed by atoms with van der Waals surface area (Å²) in [5.74, 6) is 1.37. The standard InChI is InChI=1S/C18H30N4O2/c1-13-4-7-22(8-5-13)18(23)14(2)19-10-15-6-9-24-17(15)16-11-20-21(3)12-16/h11-15,17,19H,4-10H2,1-3H3/t14-,15-,17-/m0/s1. The van der Waals surface area contributed by atoms with Crippen molar-refractivity contribution < 1.29 is 9.53 Å². The normalized spacial score (nSPS) is 26.7. The molecule has 0 saturated carbocycles. The molecule has 0 bridgehead atoms. The number of amides is 1. The Hall–Kier alpha value is -1.40. The molecule has 0 aromatic carbocycles. The molecule has 2 aliphatic rings. The van der Waals surface area contributed by atoms with Gasteiger partial charge in [0.05, 0.1) is 18.3 Å². The second kappa shape index (κ2) is 7.66. The summed E-state index contributed by atoms with van der Waals surface area (Å²) in [5.41, 5.74) is 1.13. The summed E-state index contributed by atoms with van der Waals surface area (Å²) >= 11 is 0. The van der Waals surface area contributed by atoms with E-state index in [1.807, 2.05) is 35.9 Å². The van der Waals surface area contributed by atoms with Gasteiger partial charge in [0, 0.05) is 51.0 Å². The number of ether oxygens (including phenoxy) is 1. The number of aryl methyl sites for hydroxylation is 1. The maximum absolute atomic E-state index is 12.6. The fraction of sp³-hybridized carbons (Fsp3) is 0.778. The van der Waals surface area contributed by atoms with Gasteiger partial charge in [0.1, 0.15) is 0 Å². The van der Waals surface area contributed by atoms with Crippen molar-refractivity contribution in [2.24, 2.45) is 18.9 Å². The van der Waals surface area contributed by atoms with E-state index in [1.165, 1.54) is 0 Å². The number of carbonyl (C=O) groups excluding carboxylic acids is 1. The smallest absolute Gasteiger partial charge is 0.239 e. The third kappa shape index (κ3) is 3.98. The Labute approximate surface area is 144 Å². The van der Waals surface area contributed by atoms with Gasteiger partial charge in [-0.15, -0.1) is 0 Å².